The zero-order valence-electron chi connectivity index (χ0n) is 12.1. The number of aryl methyl sites for hydroxylation is 1. The van der Waals surface area contributed by atoms with Gasteiger partial charge in [-0.3, -0.25) is 0 Å². The molecule has 0 aliphatic carbocycles. The smallest absolute Gasteiger partial charge is 0.369 e. The normalized spacial score (nSPS) is 13.1. The van der Waals surface area contributed by atoms with E-state index in [0.29, 0.717) is 18.2 Å². The van der Waals surface area contributed by atoms with Crippen molar-refractivity contribution < 1.29 is 9.46 Å². The van der Waals surface area contributed by atoms with Crippen LogP contribution < -0.4 is 10.6 Å². The molecule has 3 N–H and O–H groups in total. The summed E-state index contributed by atoms with van der Waals surface area (Å²) in [5.41, 5.74) is 9.19. The fraction of sp³-hybridized carbons (Fsp3) is 0.571. The van der Waals surface area contributed by atoms with E-state index in [4.69, 9.17) is 33.8 Å². The van der Waals surface area contributed by atoms with Crippen molar-refractivity contribution in [2.24, 2.45) is 5.73 Å². The topological polar surface area (TPSA) is 66.6 Å². The van der Waals surface area contributed by atoms with Gasteiger partial charge in [-0.2, -0.15) is 4.89 Å². The summed E-state index contributed by atoms with van der Waals surface area (Å²) in [5, 5.41) is 0. The summed E-state index contributed by atoms with van der Waals surface area (Å²) >= 11 is 11.7. The van der Waals surface area contributed by atoms with Gasteiger partial charge in [0.15, 0.2) is 6.16 Å². The molecule has 0 aromatic heterocycles. The molecule has 1 rings (SSSR count). The standard InChI is InChI=1S/C14H21Cl2N2O2P/c1-11-2-3-14(18(6-4-15)7-5-16)9-12(11)8-13(17)10-21(19)20/h2-3,9,13H,4-8,10,17H2,1H3/p+1/t13-/m1/s1. The van der Waals surface area contributed by atoms with Gasteiger partial charge in [0.05, 0.1) is 6.04 Å². The molecule has 0 saturated carbocycles. The van der Waals surface area contributed by atoms with E-state index in [1.165, 1.54) is 0 Å². The van der Waals surface area contributed by atoms with E-state index in [-0.39, 0.29) is 12.2 Å². The quantitative estimate of drug-likeness (QED) is 0.530. The minimum absolute atomic E-state index is 0.117. The Hall–Kier alpha value is -0.380. The van der Waals surface area contributed by atoms with Crippen LogP contribution in [0.1, 0.15) is 11.1 Å². The number of alkyl halides is 2. The second-order valence-electron chi connectivity index (χ2n) is 4.97. The Morgan fingerprint density at radius 3 is 2.48 bits per heavy atom. The average Bonchev–Trinajstić information content (AvgIpc) is 2.40. The van der Waals surface area contributed by atoms with Gasteiger partial charge in [0.1, 0.15) is 0 Å². The van der Waals surface area contributed by atoms with Crippen LogP contribution in [0.2, 0.25) is 0 Å². The Balaban J connectivity index is 2.89. The summed E-state index contributed by atoms with van der Waals surface area (Å²) in [4.78, 5) is 11.1. The van der Waals surface area contributed by atoms with Crippen molar-refractivity contribution in [2.45, 2.75) is 19.4 Å². The molecular weight excluding hydrogens is 330 g/mol. The van der Waals surface area contributed by atoms with Gasteiger partial charge in [-0.05, 0) is 41.2 Å². The third kappa shape index (κ3) is 6.50. The van der Waals surface area contributed by atoms with E-state index in [2.05, 4.69) is 11.0 Å². The largest absolute Gasteiger partial charge is 0.507 e. The molecule has 0 radical (unpaired) electrons. The lowest BCUT2D eigenvalue weighted by molar-refractivity contribution is 0.496. The third-order valence-electron chi connectivity index (χ3n) is 3.28. The van der Waals surface area contributed by atoms with Gasteiger partial charge in [-0.1, -0.05) is 6.07 Å². The number of nitrogens with two attached hydrogens (primary N) is 1. The van der Waals surface area contributed by atoms with Crippen LogP contribution in [0.25, 0.3) is 0 Å². The Morgan fingerprint density at radius 1 is 1.33 bits per heavy atom. The molecule has 4 nitrogen and oxygen atoms in total. The highest BCUT2D eigenvalue weighted by molar-refractivity contribution is 7.38. The predicted molar refractivity (Wildman–Crippen MR) is 91.2 cm³/mol. The first-order chi connectivity index (χ1) is 9.97. The summed E-state index contributed by atoms with van der Waals surface area (Å²) in [6, 6.07) is 5.82. The van der Waals surface area contributed by atoms with Gasteiger partial charge >= 0.3 is 8.03 Å². The van der Waals surface area contributed by atoms with E-state index in [1.54, 1.807) is 0 Å². The van der Waals surface area contributed by atoms with Gasteiger partial charge in [0, 0.05) is 30.5 Å². The first-order valence-electron chi connectivity index (χ1n) is 6.83. The fourth-order valence-corrected chi connectivity index (χ4v) is 3.13. The molecule has 0 aliphatic heterocycles. The van der Waals surface area contributed by atoms with Crippen LogP contribution in [0.4, 0.5) is 5.69 Å². The number of benzene rings is 1. The van der Waals surface area contributed by atoms with Gasteiger partial charge in [0.2, 0.25) is 0 Å². The molecular formula is C14H22Cl2N2O2P+. The van der Waals surface area contributed by atoms with E-state index in [9.17, 15) is 4.57 Å². The number of hydrogen-bond acceptors (Lipinski definition) is 3. The molecule has 1 aromatic rings. The molecule has 0 amide bonds. The van der Waals surface area contributed by atoms with E-state index < -0.39 is 8.03 Å². The lowest BCUT2D eigenvalue weighted by Gasteiger charge is -2.24. The average molecular weight is 352 g/mol. The number of hydrogen-bond donors (Lipinski definition) is 2. The Labute approximate surface area is 137 Å². The van der Waals surface area contributed by atoms with Crippen molar-refractivity contribution in [3.05, 3.63) is 29.3 Å². The van der Waals surface area contributed by atoms with Gasteiger partial charge in [-0.25, -0.2) is 0 Å². The lowest BCUT2D eigenvalue weighted by Crippen LogP contribution is -2.28. The van der Waals surface area contributed by atoms with Gasteiger partial charge in [-0.15, -0.1) is 23.2 Å². The fourth-order valence-electron chi connectivity index (χ4n) is 2.20. The van der Waals surface area contributed by atoms with Crippen molar-refractivity contribution in [2.75, 3.05) is 35.9 Å². The Morgan fingerprint density at radius 2 is 1.95 bits per heavy atom. The molecule has 0 heterocycles. The molecule has 21 heavy (non-hydrogen) atoms. The van der Waals surface area contributed by atoms with Gasteiger partial charge in [0.25, 0.3) is 0 Å². The first kappa shape index (κ1) is 18.7. The van der Waals surface area contributed by atoms with Crippen LogP contribution in [0.3, 0.4) is 0 Å². The summed E-state index contributed by atoms with van der Waals surface area (Å²) in [6.45, 7) is 3.47. The van der Waals surface area contributed by atoms with Crippen molar-refractivity contribution in [3.8, 4) is 0 Å². The molecule has 0 aliphatic rings. The van der Waals surface area contributed by atoms with Crippen LogP contribution >= 0.6 is 31.2 Å². The molecule has 118 valence electrons. The summed E-state index contributed by atoms with van der Waals surface area (Å²) in [7, 11) is -2.20. The van der Waals surface area contributed by atoms with E-state index in [0.717, 1.165) is 29.9 Å². The van der Waals surface area contributed by atoms with Crippen molar-refractivity contribution in [1.82, 2.24) is 0 Å². The maximum absolute atomic E-state index is 10.9. The van der Waals surface area contributed by atoms with E-state index in [1.807, 2.05) is 19.1 Å². The predicted octanol–water partition coefficient (Wildman–Crippen LogP) is 2.88. The molecule has 1 unspecified atom stereocenters. The van der Waals surface area contributed by atoms with Gasteiger partial charge < -0.3 is 10.6 Å². The minimum atomic E-state index is -2.20. The Kier molecular flexibility index (Phi) is 8.53. The second kappa shape index (κ2) is 9.60. The monoisotopic (exact) mass is 351 g/mol. The first-order valence-corrected chi connectivity index (χ1v) is 9.30. The minimum Gasteiger partial charge on any atom is -0.369 e. The maximum Gasteiger partial charge on any atom is 0.507 e. The van der Waals surface area contributed by atoms with Crippen LogP contribution in [0.15, 0.2) is 18.2 Å². The zero-order chi connectivity index (χ0) is 15.8. The summed E-state index contributed by atoms with van der Waals surface area (Å²) in [5.74, 6) is 1.06. The Bertz CT molecular complexity index is 468. The molecule has 7 heteroatoms. The van der Waals surface area contributed by atoms with Crippen molar-refractivity contribution >= 4 is 36.9 Å². The highest BCUT2D eigenvalue weighted by Gasteiger charge is 2.19. The van der Waals surface area contributed by atoms with Crippen LogP contribution in [-0.4, -0.2) is 41.9 Å². The zero-order valence-corrected chi connectivity index (χ0v) is 14.5. The SMILES string of the molecule is Cc1ccc(N(CCCl)CCCl)cc1C[C@@H](N)C[P+](=O)O. The molecule has 0 saturated heterocycles. The summed E-state index contributed by atoms with van der Waals surface area (Å²) < 4.78 is 10.9. The lowest BCUT2D eigenvalue weighted by atomic mass is 10.0. The summed E-state index contributed by atoms with van der Waals surface area (Å²) in [6.07, 6.45) is 0.697. The maximum atomic E-state index is 10.9. The molecule has 2 atom stereocenters. The highest BCUT2D eigenvalue weighted by Crippen LogP contribution is 2.22. The van der Waals surface area contributed by atoms with Crippen LogP contribution in [0.5, 0.6) is 0 Å². The number of halogens is 2. The number of anilines is 1. The molecule has 0 bridgehead atoms. The van der Waals surface area contributed by atoms with Crippen LogP contribution in [-0.2, 0) is 11.0 Å². The van der Waals surface area contributed by atoms with Crippen molar-refractivity contribution in [3.63, 3.8) is 0 Å². The second-order valence-corrected chi connectivity index (χ2v) is 6.80. The molecule has 0 spiro atoms. The highest BCUT2D eigenvalue weighted by atomic mass is 35.5. The van der Waals surface area contributed by atoms with E-state index >= 15 is 0 Å². The van der Waals surface area contributed by atoms with Crippen molar-refractivity contribution in [1.29, 1.82) is 0 Å². The number of rotatable bonds is 9. The molecule has 0 fully saturated rings. The molecule has 1 aromatic carbocycles. The van der Waals surface area contributed by atoms with Crippen LogP contribution in [0, 0.1) is 6.92 Å². The third-order valence-corrected chi connectivity index (χ3v) is 4.40. The number of nitrogens with zero attached hydrogens (tertiary/aromatic N) is 1.